The summed E-state index contributed by atoms with van der Waals surface area (Å²) in [5.41, 5.74) is 0. The van der Waals surface area contributed by atoms with Crippen LogP contribution >= 0.6 is 11.6 Å². The van der Waals surface area contributed by atoms with Crippen molar-refractivity contribution in [1.82, 2.24) is 0 Å². The Morgan fingerprint density at radius 1 is 1.00 bits per heavy atom. The molecule has 0 amide bonds. The Bertz CT molecular complexity index is 244. The van der Waals surface area contributed by atoms with Crippen molar-refractivity contribution < 1.29 is 22.9 Å². The Labute approximate surface area is 96.4 Å². The molecule has 2 rings (SSSR count). The van der Waals surface area contributed by atoms with Gasteiger partial charge in [-0.05, 0) is 0 Å². The van der Waals surface area contributed by atoms with E-state index in [4.69, 9.17) is 0 Å². The zero-order valence-corrected chi connectivity index (χ0v) is 12.1. The maximum absolute atomic E-state index is 4.64. The maximum Gasteiger partial charge on any atom is 0.0108 e. The summed E-state index contributed by atoms with van der Waals surface area (Å²) in [6.07, 6.45) is 17.6. The van der Waals surface area contributed by atoms with Crippen LogP contribution in [0.15, 0.2) is 43.1 Å². The first kappa shape index (κ1) is 11.2. The molecule has 0 aliphatic heterocycles. The van der Waals surface area contributed by atoms with E-state index in [0.29, 0.717) is 0 Å². The second-order valence-corrected chi connectivity index (χ2v) is 8.29. The molecule has 0 N–H and O–H groups in total. The van der Waals surface area contributed by atoms with Crippen molar-refractivity contribution in [2.45, 2.75) is 12.8 Å². The minimum absolute atomic E-state index is 0.526. The van der Waals surface area contributed by atoms with Gasteiger partial charge in [-0.3, -0.25) is 0 Å². The maximum atomic E-state index is 4.64. The van der Waals surface area contributed by atoms with Crippen LogP contribution in [0.4, 0.5) is 0 Å². The molecule has 0 spiro atoms. The third kappa shape index (κ3) is 3.78. The molecule has 0 atom stereocenters. The van der Waals surface area contributed by atoms with Crippen molar-refractivity contribution in [2.75, 3.05) is 6.38 Å². The van der Waals surface area contributed by atoms with Gasteiger partial charge in [0, 0.05) is 6.38 Å². The second-order valence-electron chi connectivity index (χ2n) is 2.77. The number of allylic oxidation sites excluding steroid dienone is 8. The summed E-state index contributed by atoms with van der Waals surface area (Å²) in [5.74, 6) is 0. The normalized spacial score (nSPS) is 17.7. The topological polar surface area (TPSA) is 0 Å². The first-order valence-electron chi connectivity index (χ1n) is 4.31. The summed E-state index contributed by atoms with van der Waals surface area (Å²) in [6, 6.07) is 0. The molecule has 13 heavy (non-hydrogen) atoms. The second kappa shape index (κ2) is 6.56. The van der Waals surface area contributed by atoms with Crippen LogP contribution in [0, 0.1) is 0 Å². The van der Waals surface area contributed by atoms with Gasteiger partial charge in [0.05, 0.1) is 0 Å². The first-order valence-corrected chi connectivity index (χ1v) is 8.66. The summed E-state index contributed by atoms with van der Waals surface area (Å²) >= 11 is 4.11. The van der Waals surface area contributed by atoms with E-state index in [1.165, 1.54) is 19.2 Å². The zero-order chi connectivity index (χ0) is 9.52. The monoisotopic (exact) mass is 360 g/mol. The molecular formula is C11H13ClHf. The molecule has 0 aromatic heterocycles. The van der Waals surface area contributed by atoms with E-state index in [9.17, 15) is 0 Å². The van der Waals surface area contributed by atoms with Crippen LogP contribution in [0.25, 0.3) is 0 Å². The van der Waals surface area contributed by atoms with Gasteiger partial charge >= 0.3 is 78.9 Å². The Morgan fingerprint density at radius 2 is 1.46 bits per heavy atom. The van der Waals surface area contributed by atoms with Gasteiger partial charge in [-0.25, -0.2) is 0 Å². The molecule has 0 aromatic carbocycles. The summed E-state index contributed by atoms with van der Waals surface area (Å²) in [7, 11) is 0. The van der Waals surface area contributed by atoms with E-state index in [0.717, 1.165) is 0 Å². The molecule has 0 fully saturated rings. The average molecular weight is 359 g/mol. The third-order valence-corrected chi connectivity index (χ3v) is 6.84. The van der Waals surface area contributed by atoms with Crippen molar-refractivity contribution in [1.29, 1.82) is 0 Å². The van der Waals surface area contributed by atoms with Gasteiger partial charge in [0.25, 0.3) is 0 Å². The van der Waals surface area contributed by atoms with Gasteiger partial charge in [-0.2, -0.15) is 0 Å². The minimum atomic E-state index is -0.526. The minimum Gasteiger partial charge on any atom is -0.130 e. The van der Waals surface area contributed by atoms with Crippen molar-refractivity contribution in [3.8, 4) is 0 Å². The van der Waals surface area contributed by atoms with Gasteiger partial charge in [0.1, 0.15) is 0 Å². The molecule has 0 unspecified atom stereocenters. The summed E-state index contributed by atoms with van der Waals surface area (Å²) in [5, 5.41) is 0. The molecular weight excluding hydrogens is 346 g/mol. The predicted octanol–water partition coefficient (Wildman–Crippen LogP) is 3.61. The molecule has 0 radical (unpaired) electrons. The van der Waals surface area contributed by atoms with Crippen LogP contribution in [0.5, 0.6) is 0 Å². The summed E-state index contributed by atoms with van der Waals surface area (Å²) in [6.45, 7) is 0. The van der Waals surface area contributed by atoms with Crippen molar-refractivity contribution in [3.05, 3.63) is 43.1 Å². The zero-order valence-electron chi connectivity index (χ0n) is 7.76. The summed E-state index contributed by atoms with van der Waals surface area (Å²) < 4.78 is 3.50. The van der Waals surface area contributed by atoms with Crippen molar-refractivity contribution >= 4 is 11.6 Å². The number of rotatable bonds is 2. The van der Waals surface area contributed by atoms with Crippen LogP contribution in [0.1, 0.15) is 12.8 Å². The van der Waals surface area contributed by atoms with Gasteiger partial charge < -0.3 is 0 Å². The standard InChI is InChI=1S/2C5H5.CH3Cl.Hf/c2*1-2-4-5-3-1;1-2;/h2*1-3H,4H2;1H3;. The Balaban J connectivity index is 0.000000396. The quantitative estimate of drug-likeness (QED) is 0.522. The average Bonchev–Trinajstić information content (AvgIpc) is 2.81. The SMILES string of the molecule is C1=CC[C]([Hf][C]2=CC=CC2)=C1.CCl. The molecule has 0 aromatic rings. The molecule has 2 aliphatic carbocycles. The van der Waals surface area contributed by atoms with E-state index in [1.807, 2.05) is 0 Å². The van der Waals surface area contributed by atoms with Crippen LogP contribution in [0.2, 0.25) is 0 Å². The van der Waals surface area contributed by atoms with Crippen LogP contribution in [-0.4, -0.2) is 6.38 Å². The van der Waals surface area contributed by atoms with Gasteiger partial charge in [-0.1, -0.05) is 0 Å². The first-order chi connectivity index (χ1) is 6.45. The largest absolute Gasteiger partial charge is 0.130 e. The van der Waals surface area contributed by atoms with Crippen LogP contribution in [0.3, 0.4) is 0 Å². The molecule has 2 heteroatoms. The van der Waals surface area contributed by atoms with Crippen molar-refractivity contribution in [3.63, 3.8) is 0 Å². The van der Waals surface area contributed by atoms with Gasteiger partial charge in [0.15, 0.2) is 0 Å². The molecule has 0 saturated carbocycles. The predicted molar refractivity (Wildman–Crippen MR) is 55.5 cm³/mol. The molecule has 0 bridgehead atoms. The fraction of sp³-hybridized carbons (Fsp3) is 0.273. The fourth-order valence-electron chi connectivity index (χ4n) is 1.29. The summed E-state index contributed by atoms with van der Waals surface area (Å²) in [4.78, 5) is 0. The van der Waals surface area contributed by atoms with Crippen LogP contribution < -0.4 is 0 Å². The van der Waals surface area contributed by atoms with Crippen LogP contribution in [-0.2, 0) is 22.9 Å². The molecule has 0 heterocycles. The molecule has 68 valence electrons. The van der Waals surface area contributed by atoms with E-state index in [1.54, 1.807) is 6.66 Å². The van der Waals surface area contributed by atoms with E-state index in [2.05, 4.69) is 48.1 Å². The fourth-order valence-corrected chi connectivity index (χ4v) is 5.64. The molecule has 0 saturated heterocycles. The van der Waals surface area contributed by atoms with Crippen molar-refractivity contribution in [2.24, 2.45) is 0 Å². The molecule has 0 nitrogen and oxygen atoms in total. The number of halogens is 1. The van der Waals surface area contributed by atoms with E-state index < -0.39 is 22.9 Å². The number of hydrogen-bond acceptors (Lipinski definition) is 0. The Kier molecular flexibility index (Phi) is 5.65. The smallest absolute Gasteiger partial charge is 0.0108 e. The van der Waals surface area contributed by atoms with Gasteiger partial charge in [-0.15, -0.1) is 11.6 Å². The Morgan fingerprint density at radius 3 is 1.77 bits per heavy atom. The van der Waals surface area contributed by atoms with E-state index in [-0.39, 0.29) is 0 Å². The Hall–Kier alpha value is 0.120. The number of hydrogen-bond donors (Lipinski definition) is 0. The third-order valence-electron chi connectivity index (χ3n) is 1.86. The van der Waals surface area contributed by atoms with E-state index >= 15 is 0 Å². The molecule has 2 aliphatic rings. The number of alkyl halides is 1. The van der Waals surface area contributed by atoms with Gasteiger partial charge in [0.2, 0.25) is 0 Å².